The van der Waals surface area contributed by atoms with Crippen molar-refractivity contribution in [3.8, 4) is 6.07 Å². The normalized spacial score (nSPS) is 21.4. The van der Waals surface area contributed by atoms with Crippen LogP contribution in [0.5, 0.6) is 0 Å². The van der Waals surface area contributed by atoms with Gasteiger partial charge in [0.1, 0.15) is 0 Å². The monoisotopic (exact) mass is 332 g/mol. The number of halogens is 2. The summed E-state index contributed by atoms with van der Waals surface area (Å²) in [6.07, 6.45) is 2.19. The molecule has 1 heterocycles. The van der Waals surface area contributed by atoms with E-state index in [-0.39, 0.29) is 11.7 Å². The predicted octanol–water partition coefficient (Wildman–Crippen LogP) is 4.48. The molecule has 1 aromatic carbocycles. The molecule has 0 saturated carbocycles. The summed E-state index contributed by atoms with van der Waals surface area (Å²) < 4.78 is 0. The summed E-state index contributed by atoms with van der Waals surface area (Å²) >= 11 is 12.1. The molecular weight excluding hydrogens is 319 g/mol. The van der Waals surface area contributed by atoms with E-state index in [1.807, 2.05) is 13.0 Å². The Morgan fingerprint density at radius 1 is 1.27 bits per heavy atom. The second-order valence-electron chi connectivity index (χ2n) is 5.55. The van der Waals surface area contributed by atoms with Crippen LogP contribution < -0.4 is 5.32 Å². The van der Waals surface area contributed by atoms with Crippen LogP contribution in [0.4, 0.5) is 0 Å². The fourth-order valence-corrected chi connectivity index (χ4v) is 3.46. The molecular formula is C17H14Cl2N2O. The van der Waals surface area contributed by atoms with Gasteiger partial charge in [-0.1, -0.05) is 29.3 Å². The number of ketones is 1. The number of hydrogen-bond acceptors (Lipinski definition) is 3. The highest BCUT2D eigenvalue weighted by Crippen LogP contribution is 2.42. The Kier molecular flexibility index (Phi) is 3.99. The lowest BCUT2D eigenvalue weighted by Crippen LogP contribution is -2.31. The molecule has 2 aliphatic rings. The van der Waals surface area contributed by atoms with Gasteiger partial charge >= 0.3 is 0 Å². The molecule has 3 nitrogen and oxygen atoms in total. The largest absolute Gasteiger partial charge is 0.361 e. The molecule has 3 rings (SSSR count). The highest BCUT2D eigenvalue weighted by Gasteiger charge is 2.35. The number of nitrogens with zero attached hydrogens (tertiary/aromatic N) is 1. The zero-order valence-electron chi connectivity index (χ0n) is 12.0. The van der Waals surface area contributed by atoms with Crippen molar-refractivity contribution in [2.24, 2.45) is 0 Å². The van der Waals surface area contributed by atoms with E-state index in [2.05, 4.69) is 11.4 Å². The zero-order chi connectivity index (χ0) is 15.9. The van der Waals surface area contributed by atoms with E-state index < -0.39 is 0 Å². The van der Waals surface area contributed by atoms with E-state index in [4.69, 9.17) is 23.2 Å². The van der Waals surface area contributed by atoms with E-state index in [1.165, 1.54) is 0 Å². The predicted molar refractivity (Wildman–Crippen MR) is 86.5 cm³/mol. The van der Waals surface area contributed by atoms with Crippen molar-refractivity contribution in [3.63, 3.8) is 0 Å². The van der Waals surface area contributed by atoms with Crippen molar-refractivity contribution >= 4 is 29.0 Å². The summed E-state index contributed by atoms with van der Waals surface area (Å²) in [5.41, 5.74) is 3.82. The first kappa shape index (κ1) is 15.1. The van der Waals surface area contributed by atoms with E-state index in [0.717, 1.165) is 29.8 Å². The summed E-state index contributed by atoms with van der Waals surface area (Å²) in [6, 6.07) is 7.53. The molecule has 22 heavy (non-hydrogen) atoms. The lowest BCUT2D eigenvalue weighted by molar-refractivity contribution is -0.116. The van der Waals surface area contributed by atoms with Crippen LogP contribution >= 0.6 is 23.2 Å². The smallest absolute Gasteiger partial charge is 0.161 e. The molecule has 1 atom stereocenters. The van der Waals surface area contributed by atoms with Crippen molar-refractivity contribution in [1.82, 2.24) is 5.32 Å². The number of nitrogens with one attached hydrogen (secondary N) is 1. The Labute approximate surface area is 139 Å². The molecule has 1 aromatic rings. The van der Waals surface area contributed by atoms with Crippen molar-refractivity contribution in [2.45, 2.75) is 32.1 Å². The van der Waals surface area contributed by atoms with Gasteiger partial charge in [0.25, 0.3) is 0 Å². The third kappa shape index (κ3) is 2.43. The minimum atomic E-state index is -0.358. The minimum absolute atomic E-state index is 0.102. The lowest BCUT2D eigenvalue weighted by atomic mass is 9.76. The van der Waals surface area contributed by atoms with Crippen molar-refractivity contribution in [1.29, 1.82) is 5.26 Å². The van der Waals surface area contributed by atoms with Crippen LogP contribution in [-0.2, 0) is 4.79 Å². The van der Waals surface area contributed by atoms with E-state index in [0.29, 0.717) is 27.6 Å². The van der Waals surface area contributed by atoms with E-state index >= 15 is 0 Å². The fraction of sp³-hybridized carbons (Fsp3) is 0.294. The van der Waals surface area contributed by atoms with Crippen molar-refractivity contribution in [3.05, 3.63) is 56.3 Å². The number of allylic oxidation sites excluding steroid dienone is 4. The van der Waals surface area contributed by atoms with Gasteiger partial charge in [-0.05, 0) is 37.5 Å². The number of Topliss-reactive ketones (excluding diaryl/α,β-unsaturated/α-hetero) is 1. The van der Waals surface area contributed by atoms with Gasteiger partial charge in [-0.2, -0.15) is 5.26 Å². The van der Waals surface area contributed by atoms with E-state index in [9.17, 15) is 10.1 Å². The molecule has 112 valence electrons. The molecule has 0 saturated heterocycles. The second kappa shape index (κ2) is 5.79. The highest BCUT2D eigenvalue weighted by atomic mass is 35.5. The first-order valence-electron chi connectivity index (χ1n) is 7.12. The lowest BCUT2D eigenvalue weighted by Gasteiger charge is -2.32. The van der Waals surface area contributed by atoms with Crippen LogP contribution in [0.15, 0.2) is 40.7 Å². The van der Waals surface area contributed by atoms with Crippen LogP contribution in [0.25, 0.3) is 0 Å². The van der Waals surface area contributed by atoms with Gasteiger partial charge in [0, 0.05) is 23.4 Å². The molecule has 0 radical (unpaired) electrons. The zero-order valence-corrected chi connectivity index (χ0v) is 13.6. The molecule has 0 aromatic heterocycles. The summed E-state index contributed by atoms with van der Waals surface area (Å²) in [6.45, 7) is 1.87. The third-order valence-corrected chi connectivity index (χ3v) is 4.91. The number of dihydropyridines is 1. The molecule has 0 fully saturated rings. The molecule has 0 spiro atoms. The average molecular weight is 333 g/mol. The number of rotatable bonds is 1. The van der Waals surface area contributed by atoms with Gasteiger partial charge in [0.2, 0.25) is 0 Å². The molecule has 5 heteroatoms. The summed E-state index contributed by atoms with van der Waals surface area (Å²) in [5.74, 6) is -0.256. The summed E-state index contributed by atoms with van der Waals surface area (Å²) in [7, 11) is 0. The third-order valence-electron chi connectivity index (χ3n) is 4.17. The maximum absolute atomic E-state index is 12.4. The number of hydrogen-bond donors (Lipinski definition) is 1. The Bertz CT molecular complexity index is 771. The average Bonchev–Trinajstić information content (AvgIpc) is 2.49. The number of carbonyl (C=O) groups excluding carboxylic acids is 1. The Morgan fingerprint density at radius 2 is 2.05 bits per heavy atom. The molecule has 0 bridgehead atoms. The first-order chi connectivity index (χ1) is 10.5. The fourth-order valence-electron chi connectivity index (χ4n) is 3.16. The Balaban J connectivity index is 2.20. The Morgan fingerprint density at radius 3 is 2.73 bits per heavy atom. The van der Waals surface area contributed by atoms with Crippen LogP contribution in [-0.4, -0.2) is 5.78 Å². The quantitative estimate of drug-likeness (QED) is 0.824. The molecule has 1 N–H and O–H groups in total. The van der Waals surface area contributed by atoms with Crippen LogP contribution in [0.1, 0.15) is 37.7 Å². The summed E-state index contributed by atoms with van der Waals surface area (Å²) in [5, 5.41) is 13.7. The molecule has 0 unspecified atom stereocenters. The van der Waals surface area contributed by atoms with Crippen LogP contribution in [0.3, 0.4) is 0 Å². The molecule has 0 amide bonds. The Hall–Kier alpha value is -1.76. The maximum atomic E-state index is 12.4. The minimum Gasteiger partial charge on any atom is -0.361 e. The maximum Gasteiger partial charge on any atom is 0.161 e. The van der Waals surface area contributed by atoms with Gasteiger partial charge in [0.15, 0.2) is 5.78 Å². The first-order valence-corrected chi connectivity index (χ1v) is 7.87. The SMILES string of the molecule is CC1=C(C#N)[C@H](c2ccc(Cl)c(Cl)c2)C2=C(CCCC2=O)N1. The van der Waals surface area contributed by atoms with Crippen LogP contribution in [0.2, 0.25) is 10.0 Å². The number of carbonyl (C=O) groups is 1. The number of benzene rings is 1. The second-order valence-corrected chi connectivity index (χ2v) is 6.37. The van der Waals surface area contributed by atoms with Crippen molar-refractivity contribution in [2.75, 3.05) is 0 Å². The van der Waals surface area contributed by atoms with E-state index in [1.54, 1.807) is 12.1 Å². The molecule has 1 aliphatic heterocycles. The van der Waals surface area contributed by atoms with Gasteiger partial charge in [-0.25, -0.2) is 0 Å². The van der Waals surface area contributed by atoms with Crippen LogP contribution in [0, 0.1) is 11.3 Å². The van der Waals surface area contributed by atoms with Gasteiger partial charge in [-0.15, -0.1) is 0 Å². The summed E-state index contributed by atoms with van der Waals surface area (Å²) in [4.78, 5) is 12.4. The van der Waals surface area contributed by atoms with Gasteiger partial charge in [-0.3, -0.25) is 4.79 Å². The van der Waals surface area contributed by atoms with Gasteiger partial charge in [0.05, 0.1) is 27.6 Å². The van der Waals surface area contributed by atoms with Crippen molar-refractivity contribution < 1.29 is 4.79 Å². The highest BCUT2D eigenvalue weighted by molar-refractivity contribution is 6.42. The standard InChI is InChI=1S/C17H14Cl2N2O/c1-9-11(8-20)16(10-5-6-12(18)13(19)7-10)17-14(21-9)3-2-4-15(17)22/h5-7,16,21H,2-4H2,1H3/t16-/m0/s1. The van der Waals surface area contributed by atoms with Gasteiger partial charge < -0.3 is 5.32 Å². The molecule has 1 aliphatic carbocycles. The number of nitriles is 1. The topological polar surface area (TPSA) is 52.9 Å².